The molecular weight excluding hydrogens is 360 g/mol. The van der Waals surface area contributed by atoms with E-state index in [2.05, 4.69) is 40.0 Å². The Kier molecular flexibility index (Phi) is 6.56. The summed E-state index contributed by atoms with van der Waals surface area (Å²) >= 11 is 6.10. The molecule has 1 amide bonds. The Hall–Kier alpha value is -2.27. The molecule has 1 saturated heterocycles. The molecule has 144 valence electrons. The Labute approximate surface area is 166 Å². The number of amides is 1. The van der Waals surface area contributed by atoms with E-state index in [0.717, 1.165) is 49.0 Å². The van der Waals surface area contributed by atoms with E-state index in [1.807, 2.05) is 30.3 Å². The van der Waals surface area contributed by atoms with Gasteiger partial charge in [-0.05, 0) is 42.7 Å². The minimum Gasteiger partial charge on any atom is -0.368 e. The summed E-state index contributed by atoms with van der Waals surface area (Å²) in [6.45, 7) is 8.65. The van der Waals surface area contributed by atoms with Crippen molar-refractivity contribution in [2.75, 3.05) is 42.5 Å². The Bertz CT molecular complexity index is 755. The zero-order valence-corrected chi connectivity index (χ0v) is 16.7. The number of anilines is 2. The molecule has 1 fully saturated rings. The molecule has 1 aliphatic rings. The lowest BCUT2D eigenvalue weighted by Gasteiger charge is -2.37. The molecule has 0 radical (unpaired) electrons. The average Bonchev–Trinajstić information content (AvgIpc) is 2.68. The molecule has 0 bridgehead atoms. The van der Waals surface area contributed by atoms with Gasteiger partial charge in [-0.1, -0.05) is 31.5 Å². The van der Waals surface area contributed by atoms with Crippen molar-refractivity contribution in [1.29, 1.82) is 0 Å². The van der Waals surface area contributed by atoms with Crippen LogP contribution in [-0.4, -0.2) is 43.6 Å². The summed E-state index contributed by atoms with van der Waals surface area (Å²) in [5.74, 6) is 0.471. The molecule has 2 aromatic rings. The maximum atomic E-state index is 12.1. The van der Waals surface area contributed by atoms with Gasteiger partial charge in [0.25, 0.3) is 5.91 Å². The van der Waals surface area contributed by atoms with Crippen molar-refractivity contribution in [3.63, 3.8) is 0 Å². The number of rotatable bonds is 6. The van der Waals surface area contributed by atoms with Crippen LogP contribution in [0.5, 0.6) is 0 Å². The van der Waals surface area contributed by atoms with E-state index in [-0.39, 0.29) is 5.91 Å². The summed E-state index contributed by atoms with van der Waals surface area (Å²) in [7, 11) is 0. The molecule has 0 atom stereocenters. The van der Waals surface area contributed by atoms with Crippen LogP contribution in [0.3, 0.4) is 0 Å². The van der Waals surface area contributed by atoms with E-state index in [0.29, 0.717) is 18.2 Å². The number of carbonyl (C=O) groups is 1. The third-order valence-electron chi connectivity index (χ3n) is 4.81. The number of carbonyl (C=O) groups excluding carboxylic acids is 1. The van der Waals surface area contributed by atoms with E-state index in [4.69, 9.17) is 11.6 Å². The fourth-order valence-electron chi connectivity index (χ4n) is 3.17. The van der Waals surface area contributed by atoms with Gasteiger partial charge >= 0.3 is 0 Å². The van der Waals surface area contributed by atoms with Gasteiger partial charge in [0.05, 0.1) is 11.9 Å². The third kappa shape index (κ3) is 5.36. The van der Waals surface area contributed by atoms with Crippen LogP contribution in [-0.2, 0) is 0 Å². The molecule has 1 aromatic carbocycles. The van der Waals surface area contributed by atoms with Crippen LogP contribution in [0.25, 0.3) is 0 Å². The molecule has 1 aliphatic heterocycles. The van der Waals surface area contributed by atoms with Gasteiger partial charge in [-0.3, -0.25) is 4.79 Å². The van der Waals surface area contributed by atoms with Crippen molar-refractivity contribution >= 4 is 28.9 Å². The number of nitrogens with one attached hydrogen (secondary N) is 1. The first-order valence-corrected chi connectivity index (χ1v) is 9.90. The van der Waals surface area contributed by atoms with E-state index in [1.54, 1.807) is 6.20 Å². The van der Waals surface area contributed by atoms with Crippen LogP contribution in [0.2, 0.25) is 5.02 Å². The lowest BCUT2D eigenvalue weighted by molar-refractivity contribution is 0.0947. The Morgan fingerprint density at radius 1 is 1.11 bits per heavy atom. The van der Waals surface area contributed by atoms with Gasteiger partial charge in [0.15, 0.2) is 0 Å². The fraction of sp³-hybridized carbons (Fsp3) is 0.429. The van der Waals surface area contributed by atoms with Crippen molar-refractivity contribution in [2.24, 2.45) is 5.92 Å². The number of aromatic nitrogens is 1. The van der Waals surface area contributed by atoms with Gasteiger partial charge < -0.3 is 15.1 Å². The molecular formula is C21H27ClN4O. The number of hydrogen-bond donors (Lipinski definition) is 1. The van der Waals surface area contributed by atoms with E-state index in [1.165, 1.54) is 0 Å². The molecule has 0 unspecified atom stereocenters. The molecule has 0 saturated carbocycles. The van der Waals surface area contributed by atoms with Crippen LogP contribution < -0.4 is 15.1 Å². The zero-order valence-electron chi connectivity index (χ0n) is 16.0. The van der Waals surface area contributed by atoms with Crippen LogP contribution >= 0.6 is 11.6 Å². The normalized spacial score (nSPS) is 14.5. The van der Waals surface area contributed by atoms with E-state index in [9.17, 15) is 4.79 Å². The molecule has 27 heavy (non-hydrogen) atoms. The summed E-state index contributed by atoms with van der Waals surface area (Å²) in [6.07, 6.45) is 2.77. The molecule has 2 heterocycles. The highest BCUT2D eigenvalue weighted by Crippen LogP contribution is 2.22. The number of piperazine rings is 1. The molecule has 6 heteroatoms. The smallest absolute Gasteiger partial charge is 0.269 e. The monoisotopic (exact) mass is 386 g/mol. The SMILES string of the molecule is CC(C)CCNC(=O)c1ccc(N2CCN(c3cccc(Cl)c3)CC2)cn1. The van der Waals surface area contributed by atoms with Crippen molar-refractivity contribution in [3.05, 3.63) is 53.3 Å². The molecule has 0 spiro atoms. The quantitative estimate of drug-likeness (QED) is 0.819. The summed E-state index contributed by atoms with van der Waals surface area (Å²) in [6, 6.07) is 11.8. The number of nitrogens with zero attached hydrogens (tertiary/aromatic N) is 3. The number of benzene rings is 1. The largest absolute Gasteiger partial charge is 0.368 e. The first-order valence-electron chi connectivity index (χ1n) is 9.52. The van der Waals surface area contributed by atoms with Crippen LogP contribution in [0.1, 0.15) is 30.8 Å². The first kappa shape index (κ1) is 19.5. The molecule has 1 aromatic heterocycles. The summed E-state index contributed by atoms with van der Waals surface area (Å²) in [5, 5.41) is 3.69. The molecule has 0 aliphatic carbocycles. The fourth-order valence-corrected chi connectivity index (χ4v) is 3.35. The predicted molar refractivity (Wildman–Crippen MR) is 112 cm³/mol. The molecule has 5 nitrogen and oxygen atoms in total. The lowest BCUT2D eigenvalue weighted by atomic mass is 10.1. The minimum atomic E-state index is -0.104. The standard InChI is InChI=1S/C21H27ClN4O/c1-16(2)8-9-23-21(27)20-7-6-19(15-24-20)26-12-10-25(11-13-26)18-5-3-4-17(22)14-18/h3-7,14-16H,8-13H2,1-2H3,(H,23,27). The lowest BCUT2D eigenvalue weighted by Crippen LogP contribution is -2.46. The summed E-state index contributed by atoms with van der Waals surface area (Å²) in [5.41, 5.74) is 2.69. The highest BCUT2D eigenvalue weighted by molar-refractivity contribution is 6.30. The third-order valence-corrected chi connectivity index (χ3v) is 5.04. The number of hydrogen-bond acceptors (Lipinski definition) is 4. The van der Waals surface area contributed by atoms with Gasteiger partial charge in [-0.25, -0.2) is 4.98 Å². The second kappa shape index (κ2) is 9.09. The Morgan fingerprint density at radius 3 is 2.41 bits per heavy atom. The maximum absolute atomic E-state index is 12.1. The summed E-state index contributed by atoms with van der Waals surface area (Å²) < 4.78 is 0. The highest BCUT2D eigenvalue weighted by atomic mass is 35.5. The van der Waals surface area contributed by atoms with E-state index >= 15 is 0 Å². The topological polar surface area (TPSA) is 48.5 Å². The second-order valence-corrected chi connectivity index (χ2v) is 7.73. The Morgan fingerprint density at radius 2 is 1.81 bits per heavy atom. The second-order valence-electron chi connectivity index (χ2n) is 7.29. The van der Waals surface area contributed by atoms with Gasteiger partial charge in [-0.2, -0.15) is 0 Å². The average molecular weight is 387 g/mol. The maximum Gasteiger partial charge on any atom is 0.269 e. The first-order chi connectivity index (χ1) is 13.0. The van der Waals surface area contributed by atoms with Crippen molar-refractivity contribution < 1.29 is 4.79 Å². The molecule has 1 N–H and O–H groups in total. The van der Waals surface area contributed by atoms with Gasteiger partial charge in [-0.15, -0.1) is 0 Å². The van der Waals surface area contributed by atoms with Gasteiger partial charge in [0.1, 0.15) is 5.69 Å². The van der Waals surface area contributed by atoms with Gasteiger partial charge in [0, 0.05) is 43.4 Å². The van der Waals surface area contributed by atoms with Crippen molar-refractivity contribution in [3.8, 4) is 0 Å². The zero-order chi connectivity index (χ0) is 19.2. The number of pyridine rings is 1. The highest BCUT2D eigenvalue weighted by Gasteiger charge is 2.18. The van der Waals surface area contributed by atoms with Crippen molar-refractivity contribution in [2.45, 2.75) is 20.3 Å². The predicted octanol–water partition coefficient (Wildman–Crippen LogP) is 3.84. The summed E-state index contributed by atoms with van der Waals surface area (Å²) in [4.78, 5) is 21.1. The van der Waals surface area contributed by atoms with Crippen molar-refractivity contribution in [1.82, 2.24) is 10.3 Å². The van der Waals surface area contributed by atoms with Crippen LogP contribution in [0.15, 0.2) is 42.6 Å². The van der Waals surface area contributed by atoms with Crippen LogP contribution in [0.4, 0.5) is 11.4 Å². The number of halogens is 1. The minimum absolute atomic E-state index is 0.104. The van der Waals surface area contributed by atoms with Gasteiger partial charge in [0.2, 0.25) is 0 Å². The van der Waals surface area contributed by atoms with E-state index < -0.39 is 0 Å². The Balaban J connectivity index is 1.53. The van der Waals surface area contributed by atoms with Crippen LogP contribution in [0, 0.1) is 5.92 Å². The molecule has 3 rings (SSSR count).